The first kappa shape index (κ1) is 24.4. The molecule has 1 radical (unpaired) electrons. The summed E-state index contributed by atoms with van der Waals surface area (Å²) in [5, 5.41) is 0. The van der Waals surface area contributed by atoms with Gasteiger partial charge in [-0.15, -0.1) is 0 Å². The molecule has 0 saturated carbocycles. The number of hydrogen-bond donors (Lipinski definition) is 0. The van der Waals surface area contributed by atoms with Crippen molar-refractivity contribution in [2.24, 2.45) is 0 Å². The molecule has 0 aliphatic rings. The molecule has 0 N–H and O–H groups in total. The van der Waals surface area contributed by atoms with Crippen molar-refractivity contribution in [1.82, 2.24) is 4.31 Å². The minimum absolute atomic E-state index is 0. The van der Waals surface area contributed by atoms with Crippen molar-refractivity contribution < 1.29 is 14.1 Å². The third kappa shape index (κ3) is 20.2. The Morgan fingerprint density at radius 2 is 1.07 bits per heavy atom. The largest absolute Gasteiger partial charge is 0.269 e. The van der Waals surface area contributed by atoms with Crippen LogP contribution in [0.5, 0.6) is 0 Å². The van der Waals surface area contributed by atoms with Crippen LogP contribution in [0.3, 0.4) is 0 Å². The van der Waals surface area contributed by atoms with Crippen LogP contribution in [-0.2, 0) is 0 Å². The van der Waals surface area contributed by atoms with Gasteiger partial charge in [0.1, 0.15) is 0 Å². The third-order valence-electron chi connectivity index (χ3n) is 2.02. The van der Waals surface area contributed by atoms with Crippen LogP contribution in [0.15, 0.2) is 0 Å². The fourth-order valence-corrected chi connectivity index (χ4v) is 1.45. The molecule has 0 spiro atoms. The zero-order valence-electron chi connectivity index (χ0n) is 9.74. The Bertz CT molecular complexity index is 86.7. The summed E-state index contributed by atoms with van der Waals surface area (Å²) >= 11 is 5.20. The second-order valence-corrected chi connectivity index (χ2v) is 3.86. The number of unbranched alkanes of at least 4 members (excludes halogenated alkanes) is 4. The lowest BCUT2D eigenvalue weighted by atomic mass is 10.2. The summed E-state index contributed by atoms with van der Waals surface area (Å²) in [6.07, 6.45) is 7.76. The maximum atomic E-state index is 5.20. The molecule has 0 aromatic carbocycles. The standard InChI is InChI=1S/C10H22NS.3FH/c1-3-5-7-9-11(12)10-8-6-4-2;;;/h3-10H2,1-2H3;3*1H. The van der Waals surface area contributed by atoms with Crippen molar-refractivity contribution >= 4 is 12.8 Å². The smallest absolute Gasteiger partial charge is 0.00976 e. The highest BCUT2D eigenvalue weighted by molar-refractivity contribution is 7.77. The molecule has 1 nitrogen and oxygen atoms in total. The molecule has 97 valence electrons. The summed E-state index contributed by atoms with van der Waals surface area (Å²) < 4.78 is 2.05. The highest BCUT2D eigenvalue weighted by Crippen LogP contribution is 2.03. The van der Waals surface area contributed by atoms with E-state index in [4.69, 9.17) is 12.8 Å². The highest BCUT2D eigenvalue weighted by Gasteiger charge is 1.98. The summed E-state index contributed by atoms with van der Waals surface area (Å²) in [5.74, 6) is 0. The van der Waals surface area contributed by atoms with E-state index in [0.29, 0.717) is 0 Å². The summed E-state index contributed by atoms with van der Waals surface area (Å²) in [5.41, 5.74) is 0. The fraction of sp³-hybridized carbons (Fsp3) is 1.00. The molecule has 0 unspecified atom stereocenters. The lowest BCUT2D eigenvalue weighted by Gasteiger charge is -2.12. The summed E-state index contributed by atoms with van der Waals surface area (Å²) in [7, 11) is 0. The molecule has 0 aromatic rings. The van der Waals surface area contributed by atoms with Crippen molar-refractivity contribution in [3.8, 4) is 0 Å². The first-order valence-corrected chi connectivity index (χ1v) is 5.59. The second-order valence-electron chi connectivity index (χ2n) is 3.34. The van der Waals surface area contributed by atoms with Gasteiger partial charge >= 0.3 is 0 Å². The third-order valence-corrected chi connectivity index (χ3v) is 2.39. The molecular weight excluding hydrogens is 223 g/mol. The van der Waals surface area contributed by atoms with Crippen LogP contribution < -0.4 is 0 Å². The maximum Gasteiger partial charge on any atom is 0.00976 e. The zero-order chi connectivity index (χ0) is 9.23. The minimum atomic E-state index is 0. The van der Waals surface area contributed by atoms with Gasteiger partial charge in [0.05, 0.1) is 0 Å². The molecule has 0 heterocycles. The number of hydrogen-bond acceptors (Lipinski definition) is 1. The number of rotatable bonds is 8. The van der Waals surface area contributed by atoms with Crippen molar-refractivity contribution in [3.63, 3.8) is 0 Å². The normalized spacial score (nSPS) is 8.80. The molecule has 5 heteroatoms. The van der Waals surface area contributed by atoms with Crippen LogP contribution in [0.25, 0.3) is 0 Å². The van der Waals surface area contributed by atoms with Crippen LogP contribution in [0.1, 0.15) is 52.4 Å². The predicted octanol–water partition coefficient (Wildman–Crippen LogP) is 4.24. The van der Waals surface area contributed by atoms with Crippen LogP contribution in [0.2, 0.25) is 0 Å². The van der Waals surface area contributed by atoms with E-state index in [1.807, 2.05) is 4.31 Å². The quantitative estimate of drug-likeness (QED) is 0.581. The van der Waals surface area contributed by atoms with E-state index in [9.17, 15) is 0 Å². The van der Waals surface area contributed by atoms with Gasteiger partial charge < -0.3 is 0 Å². The Morgan fingerprint density at radius 1 is 0.733 bits per heavy atom. The van der Waals surface area contributed by atoms with Gasteiger partial charge in [0.2, 0.25) is 0 Å². The fourth-order valence-electron chi connectivity index (χ4n) is 1.19. The minimum Gasteiger partial charge on any atom is -0.269 e. The molecule has 0 bridgehead atoms. The monoisotopic (exact) mass is 248 g/mol. The van der Waals surface area contributed by atoms with E-state index in [1.165, 1.54) is 38.5 Å². The van der Waals surface area contributed by atoms with Gasteiger partial charge in [0, 0.05) is 25.9 Å². The summed E-state index contributed by atoms with van der Waals surface area (Å²) in [4.78, 5) is 0. The van der Waals surface area contributed by atoms with Crippen molar-refractivity contribution in [3.05, 3.63) is 0 Å². The molecular formula is C10H25F3NS. The average Bonchev–Trinajstić information content (AvgIpc) is 2.06. The summed E-state index contributed by atoms with van der Waals surface area (Å²) in [6.45, 7) is 6.66. The van der Waals surface area contributed by atoms with Gasteiger partial charge in [-0.25, -0.2) is 4.31 Å². The summed E-state index contributed by atoms with van der Waals surface area (Å²) in [6, 6.07) is 0. The van der Waals surface area contributed by atoms with E-state index in [0.717, 1.165) is 13.1 Å². The number of halogens is 3. The topological polar surface area (TPSA) is 3.24 Å². The molecule has 0 rings (SSSR count). The van der Waals surface area contributed by atoms with Gasteiger partial charge in [-0.1, -0.05) is 39.5 Å². The van der Waals surface area contributed by atoms with E-state index in [2.05, 4.69) is 13.8 Å². The molecule has 0 atom stereocenters. The molecule has 0 amide bonds. The lowest BCUT2D eigenvalue weighted by molar-refractivity contribution is 0.438. The average molecular weight is 248 g/mol. The van der Waals surface area contributed by atoms with Gasteiger partial charge in [-0.2, -0.15) is 0 Å². The molecule has 0 aromatic heterocycles. The Balaban J connectivity index is -0.000000202. The first-order valence-electron chi connectivity index (χ1n) is 5.23. The Morgan fingerprint density at radius 3 is 1.33 bits per heavy atom. The van der Waals surface area contributed by atoms with Crippen molar-refractivity contribution in [2.75, 3.05) is 13.1 Å². The Labute approximate surface area is 97.3 Å². The van der Waals surface area contributed by atoms with Gasteiger partial charge in [-0.05, 0) is 12.8 Å². The highest BCUT2D eigenvalue weighted by atomic mass is 32.1. The predicted molar refractivity (Wildman–Crippen MR) is 65.7 cm³/mol. The number of nitrogens with zero attached hydrogens (tertiary/aromatic N) is 1. The van der Waals surface area contributed by atoms with E-state index >= 15 is 0 Å². The SMILES string of the molecule is CCCCCN([S])CCCCC.F.F.F. The molecule has 0 aliphatic carbocycles. The van der Waals surface area contributed by atoms with Gasteiger partial charge in [-0.3, -0.25) is 14.1 Å². The zero-order valence-corrected chi connectivity index (χ0v) is 10.6. The molecule has 0 saturated heterocycles. The van der Waals surface area contributed by atoms with Crippen LogP contribution >= 0.6 is 12.8 Å². The van der Waals surface area contributed by atoms with E-state index in [-0.39, 0.29) is 14.1 Å². The van der Waals surface area contributed by atoms with Gasteiger partial charge in [0.25, 0.3) is 0 Å². The molecule has 15 heavy (non-hydrogen) atoms. The van der Waals surface area contributed by atoms with Gasteiger partial charge in [0.15, 0.2) is 0 Å². The van der Waals surface area contributed by atoms with Crippen molar-refractivity contribution in [2.45, 2.75) is 52.4 Å². The molecule has 0 aliphatic heterocycles. The van der Waals surface area contributed by atoms with Crippen LogP contribution in [-0.4, -0.2) is 17.4 Å². The van der Waals surface area contributed by atoms with Crippen LogP contribution in [0.4, 0.5) is 14.1 Å². The van der Waals surface area contributed by atoms with E-state index in [1.54, 1.807) is 0 Å². The lowest BCUT2D eigenvalue weighted by Crippen LogP contribution is -2.15. The Kier molecular flexibility index (Phi) is 31.9. The Hall–Kier alpha value is 0.100. The van der Waals surface area contributed by atoms with Crippen LogP contribution in [0, 0.1) is 0 Å². The molecule has 0 fully saturated rings. The van der Waals surface area contributed by atoms with Crippen molar-refractivity contribution in [1.29, 1.82) is 0 Å². The maximum absolute atomic E-state index is 5.20. The first-order chi connectivity index (χ1) is 5.81. The second kappa shape index (κ2) is 19.6. The van der Waals surface area contributed by atoms with E-state index < -0.39 is 0 Å².